The molecule has 0 radical (unpaired) electrons. The molecule has 0 aliphatic rings. The molecule has 0 atom stereocenters. The number of anilines is 2. The summed E-state index contributed by atoms with van der Waals surface area (Å²) in [6.45, 7) is 0.495. The van der Waals surface area contributed by atoms with Gasteiger partial charge in [0.1, 0.15) is 5.82 Å². The van der Waals surface area contributed by atoms with Crippen LogP contribution in [-0.4, -0.2) is 9.36 Å². The van der Waals surface area contributed by atoms with E-state index in [1.54, 1.807) is 12.1 Å². The first-order valence-corrected chi connectivity index (χ1v) is 5.57. The molecule has 0 saturated carbocycles. The van der Waals surface area contributed by atoms with Crippen LogP contribution in [0.3, 0.4) is 0 Å². The lowest BCUT2D eigenvalue weighted by molar-refractivity contribution is 0.627. The number of rotatable bonds is 3. The number of nitrogens with zero attached hydrogens (tertiary/aromatic N) is 2. The van der Waals surface area contributed by atoms with E-state index in [9.17, 15) is 4.39 Å². The second-order valence-electron chi connectivity index (χ2n) is 3.06. The SMILES string of the molecule is Nc1nsc(NCc2ccc(F)c(Cl)c2)n1. The Hall–Kier alpha value is -1.40. The summed E-state index contributed by atoms with van der Waals surface area (Å²) in [6.07, 6.45) is 0. The van der Waals surface area contributed by atoms with Gasteiger partial charge in [0.05, 0.1) is 5.02 Å². The minimum absolute atomic E-state index is 0.107. The molecule has 84 valence electrons. The molecule has 0 fully saturated rings. The summed E-state index contributed by atoms with van der Waals surface area (Å²) in [5, 5.41) is 3.74. The summed E-state index contributed by atoms with van der Waals surface area (Å²) in [5.74, 6) is -0.185. The van der Waals surface area contributed by atoms with Crippen LogP contribution < -0.4 is 11.1 Å². The van der Waals surface area contributed by atoms with Crippen LogP contribution in [0, 0.1) is 5.82 Å². The van der Waals surface area contributed by atoms with Gasteiger partial charge in [0.15, 0.2) is 0 Å². The Kier molecular flexibility index (Phi) is 3.21. The van der Waals surface area contributed by atoms with Gasteiger partial charge in [0, 0.05) is 18.1 Å². The van der Waals surface area contributed by atoms with Crippen LogP contribution in [-0.2, 0) is 6.54 Å². The van der Waals surface area contributed by atoms with E-state index in [4.69, 9.17) is 17.3 Å². The predicted octanol–water partition coefficient (Wildman–Crippen LogP) is 2.52. The van der Waals surface area contributed by atoms with Gasteiger partial charge < -0.3 is 11.1 Å². The first-order valence-electron chi connectivity index (χ1n) is 4.42. The van der Waals surface area contributed by atoms with Crippen LogP contribution in [0.25, 0.3) is 0 Å². The van der Waals surface area contributed by atoms with Gasteiger partial charge in [-0.05, 0) is 17.7 Å². The number of benzene rings is 1. The zero-order valence-corrected chi connectivity index (χ0v) is 9.65. The van der Waals surface area contributed by atoms with Crippen LogP contribution >= 0.6 is 23.1 Å². The Balaban J connectivity index is 2.02. The third-order valence-electron chi connectivity index (χ3n) is 1.87. The predicted molar refractivity (Wildman–Crippen MR) is 63.1 cm³/mol. The van der Waals surface area contributed by atoms with Gasteiger partial charge in [-0.3, -0.25) is 0 Å². The molecule has 0 unspecified atom stereocenters. The summed E-state index contributed by atoms with van der Waals surface area (Å²) in [6, 6.07) is 4.54. The van der Waals surface area contributed by atoms with Crippen LogP contribution in [0.2, 0.25) is 5.02 Å². The van der Waals surface area contributed by atoms with Crippen molar-refractivity contribution in [1.29, 1.82) is 0 Å². The summed E-state index contributed by atoms with van der Waals surface area (Å²) in [7, 11) is 0. The van der Waals surface area contributed by atoms with E-state index in [2.05, 4.69) is 14.7 Å². The second kappa shape index (κ2) is 4.63. The molecular formula is C9H8ClFN4S. The molecule has 0 amide bonds. The number of aromatic nitrogens is 2. The molecule has 0 aliphatic heterocycles. The Bertz CT molecular complexity index is 502. The van der Waals surface area contributed by atoms with Crippen molar-refractivity contribution in [2.24, 2.45) is 0 Å². The number of hydrogen-bond acceptors (Lipinski definition) is 5. The van der Waals surface area contributed by atoms with Gasteiger partial charge >= 0.3 is 0 Å². The molecule has 0 aliphatic carbocycles. The Morgan fingerprint density at radius 3 is 2.94 bits per heavy atom. The van der Waals surface area contributed by atoms with Crippen molar-refractivity contribution in [1.82, 2.24) is 9.36 Å². The van der Waals surface area contributed by atoms with E-state index in [0.29, 0.717) is 11.7 Å². The molecule has 4 nitrogen and oxygen atoms in total. The molecule has 1 aromatic heterocycles. The van der Waals surface area contributed by atoms with E-state index >= 15 is 0 Å². The number of nitrogen functional groups attached to an aromatic ring is 1. The Morgan fingerprint density at radius 1 is 1.50 bits per heavy atom. The van der Waals surface area contributed by atoms with Gasteiger partial charge in [-0.2, -0.15) is 9.36 Å². The lowest BCUT2D eigenvalue weighted by atomic mass is 10.2. The highest BCUT2D eigenvalue weighted by atomic mass is 35.5. The third kappa shape index (κ3) is 2.59. The molecule has 0 saturated heterocycles. The topological polar surface area (TPSA) is 63.8 Å². The molecule has 2 aromatic rings. The maximum Gasteiger partial charge on any atom is 0.233 e. The molecule has 1 heterocycles. The maximum absolute atomic E-state index is 12.9. The molecule has 16 heavy (non-hydrogen) atoms. The Morgan fingerprint density at radius 2 is 2.31 bits per heavy atom. The van der Waals surface area contributed by atoms with Crippen molar-refractivity contribution in [2.75, 3.05) is 11.1 Å². The Labute approximate surface area is 100 Å². The van der Waals surface area contributed by atoms with Crippen molar-refractivity contribution >= 4 is 34.2 Å². The fourth-order valence-corrected chi connectivity index (χ4v) is 1.83. The van der Waals surface area contributed by atoms with E-state index in [1.807, 2.05) is 0 Å². The second-order valence-corrected chi connectivity index (χ2v) is 4.22. The average Bonchev–Trinajstić information content (AvgIpc) is 2.66. The number of halogens is 2. The molecule has 0 spiro atoms. The monoisotopic (exact) mass is 258 g/mol. The minimum atomic E-state index is -0.425. The summed E-state index contributed by atoms with van der Waals surface area (Å²) >= 11 is 6.82. The standard InChI is InChI=1S/C9H8ClFN4S/c10-6-3-5(1-2-7(6)11)4-13-9-14-8(12)15-16-9/h1-3H,4H2,(H3,12,13,14,15). The number of nitrogens with one attached hydrogen (secondary N) is 1. The smallest absolute Gasteiger partial charge is 0.233 e. The first kappa shape index (κ1) is 11.1. The largest absolute Gasteiger partial charge is 0.367 e. The van der Waals surface area contributed by atoms with Crippen molar-refractivity contribution in [3.63, 3.8) is 0 Å². The van der Waals surface area contributed by atoms with Crippen LogP contribution in [0.15, 0.2) is 18.2 Å². The highest BCUT2D eigenvalue weighted by Gasteiger charge is 2.03. The van der Waals surface area contributed by atoms with Gasteiger partial charge in [0.2, 0.25) is 11.1 Å². The molecule has 0 bridgehead atoms. The van der Waals surface area contributed by atoms with Gasteiger partial charge in [-0.1, -0.05) is 17.7 Å². The zero-order chi connectivity index (χ0) is 11.5. The molecule has 7 heteroatoms. The maximum atomic E-state index is 12.9. The number of hydrogen-bond donors (Lipinski definition) is 2. The van der Waals surface area contributed by atoms with Crippen molar-refractivity contribution < 1.29 is 4.39 Å². The van der Waals surface area contributed by atoms with Gasteiger partial charge in [-0.15, -0.1) is 0 Å². The minimum Gasteiger partial charge on any atom is -0.367 e. The zero-order valence-electron chi connectivity index (χ0n) is 8.08. The van der Waals surface area contributed by atoms with Crippen molar-refractivity contribution in [3.8, 4) is 0 Å². The van der Waals surface area contributed by atoms with Crippen LogP contribution in [0.5, 0.6) is 0 Å². The van der Waals surface area contributed by atoms with E-state index < -0.39 is 5.82 Å². The van der Waals surface area contributed by atoms with E-state index in [-0.39, 0.29) is 11.0 Å². The quantitative estimate of drug-likeness (QED) is 0.888. The van der Waals surface area contributed by atoms with Crippen molar-refractivity contribution in [2.45, 2.75) is 6.54 Å². The average molecular weight is 259 g/mol. The molecule has 1 aromatic carbocycles. The van der Waals surface area contributed by atoms with Gasteiger partial charge in [-0.25, -0.2) is 4.39 Å². The van der Waals surface area contributed by atoms with Crippen molar-refractivity contribution in [3.05, 3.63) is 34.6 Å². The molecule has 3 N–H and O–H groups in total. The highest BCUT2D eigenvalue weighted by Crippen LogP contribution is 2.18. The highest BCUT2D eigenvalue weighted by molar-refractivity contribution is 7.09. The van der Waals surface area contributed by atoms with E-state index in [0.717, 1.165) is 5.56 Å². The summed E-state index contributed by atoms with van der Waals surface area (Å²) in [5.41, 5.74) is 6.23. The lowest BCUT2D eigenvalue weighted by Gasteiger charge is -2.03. The normalized spacial score (nSPS) is 10.4. The first-order chi connectivity index (χ1) is 7.65. The molecular weight excluding hydrogens is 251 g/mol. The molecule has 2 rings (SSSR count). The fraction of sp³-hybridized carbons (Fsp3) is 0.111. The van der Waals surface area contributed by atoms with Crippen LogP contribution in [0.4, 0.5) is 15.5 Å². The van der Waals surface area contributed by atoms with Gasteiger partial charge in [0.25, 0.3) is 0 Å². The summed E-state index contributed by atoms with van der Waals surface area (Å²) in [4.78, 5) is 3.93. The summed E-state index contributed by atoms with van der Waals surface area (Å²) < 4.78 is 16.7. The van der Waals surface area contributed by atoms with Crippen LogP contribution in [0.1, 0.15) is 5.56 Å². The fourth-order valence-electron chi connectivity index (χ4n) is 1.13. The van der Waals surface area contributed by atoms with E-state index in [1.165, 1.54) is 17.6 Å². The number of nitrogens with two attached hydrogens (primary N) is 1. The third-order valence-corrected chi connectivity index (χ3v) is 2.85. The lowest BCUT2D eigenvalue weighted by Crippen LogP contribution is -1.99.